The van der Waals surface area contributed by atoms with Crippen molar-refractivity contribution in [2.75, 3.05) is 26.7 Å². The van der Waals surface area contributed by atoms with Crippen molar-refractivity contribution < 1.29 is 4.74 Å². The summed E-state index contributed by atoms with van der Waals surface area (Å²) in [5, 5.41) is 7.83. The first-order valence-electron chi connectivity index (χ1n) is 8.69. The number of hydrogen-bond donors (Lipinski definition) is 2. The molecule has 2 rings (SSSR count). The second-order valence-corrected chi connectivity index (χ2v) is 7.19. The second kappa shape index (κ2) is 10.0. The van der Waals surface area contributed by atoms with Gasteiger partial charge < -0.3 is 15.4 Å². The molecule has 0 bridgehead atoms. The number of rotatable bonds is 8. The number of aromatic nitrogens is 1. The Labute approximate surface area is 154 Å². The van der Waals surface area contributed by atoms with E-state index in [-0.39, 0.29) is 0 Å². The Hall–Kier alpha value is -2.08. The van der Waals surface area contributed by atoms with Gasteiger partial charge in [0, 0.05) is 37.1 Å². The van der Waals surface area contributed by atoms with Crippen LogP contribution in [-0.2, 0) is 12.8 Å². The number of nitrogens with zero attached hydrogens (tertiary/aromatic N) is 2. The van der Waals surface area contributed by atoms with Crippen molar-refractivity contribution in [3.8, 4) is 5.75 Å². The molecule has 6 heteroatoms. The van der Waals surface area contributed by atoms with E-state index in [1.54, 1.807) is 18.4 Å². The van der Waals surface area contributed by atoms with Crippen molar-refractivity contribution in [2.24, 2.45) is 4.99 Å². The molecule has 2 aromatic rings. The van der Waals surface area contributed by atoms with E-state index < -0.39 is 0 Å². The average molecular weight is 361 g/mol. The monoisotopic (exact) mass is 360 g/mol. The molecule has 0 aliphatic heterocycles. The van der Waals surface area contributed by atoms with E-state index in [1.807, 2.05) is 12.3 Å². The third-order valence-corrected chi connectivity index (χ3v) is 4.70. The number of thiazole rings is 1. The Balaban J connectivity index is 1.86. The maximum atomic E-state index is 5.44. The van der Waals surface area contributed by atoms with Gasteiger partial charge in [-0.15, -0.1) is 11.3 Å². The third kappa shape index (κ3) is 6.38. The van der Waals surface area contributed by atoms with Crippen LogP contribution in [0, 0.1) is 13.8 Å². The minimum absolute atomic E-state index is 0.732. The molecule has 0 saturated heterocycles. The molecule has 0 atom stereocenters. The minimum Gasteiger partial charge on any atom is -0.496 e. The number of nitrogens with one attached hydrogen (secondary N) is 2. The first-order valence-corrected chi connectivity index (χ1v) is 9.51. The quantitative estimate of drug-likeness (QED) is 0.561. The normalized spacial score (nSPS) is 11.4. The van der Waals surface area contributed by atoms with Gasteiger partial charge in [0.05, 0.1) is 12.1 Å². The van der Waals surface area contributed by atoms with Crippen molar-refractivity contribution in [3.63, 3.8) is 0 Å². The number of methoxy groups -OCH3 is 1. The van der Waals surface area contributed by atoms with E-state index >= 15 is 0 Å². The van der Waals surface area contributed by atoms with E-state index in [4.69, 9.17) is 4.74 Å². The van der Waals surface area contributed by atoms with Crippen LogP contribution in [0.25, 0.3) is 0 Å². The predicted molar refractivity (Wildman–Crippen MR) is 106 cm³/mol. The van der Waals surface area contributed by atoms with Crippen LogP contribution in [-0.4, -0.2) is 37.7 Å². The van der Waals surface area contributed by atoms with E-state index in [9.17, 15) is 0 Å². The van der Waals surface area contributed by atoms with E-state index in [2.05, 4.69) is 53.5 Å². The van der Waals surface area contributed by atoms with Gasteiger partial charge in [0.15, 0.2) is 5.96 Å². The standard InChI is InChI=1S/C19H28N4OS/c1-5-20-19(22-11-9-18-23-13-15(3)25-18)21-10-8-16-12-14(2)6-7-17(16)24-4/h6-7,12-13H,5,8-11H2,1-4H3,(H2,20,21,22). The second-order valence-electron chi connectivity index (χ2n) is 5.87. The smallest absolute Gasteiger partial charge is 0.191 e. The SMILES string of the molecule is CCNC(=NCCc1ncc(C)s1)NCCc1cc(C)ccc1OC. The van der Waals surface area contributed by atoms with E-state index in [1.165, 1.54) is 16.0 Å². The molecule has 0 amide bonds. The first-order chi connectivity index (χ1) is 12.1. The summed E-state index contributed by atoms with van der Waals surface area (Å²) >= 11 is 1.74. The molecular weight excluding hydrogens is 332 g/mol. The molecule has 1 aromatic heterocycles. The van der Waals surface area contributed by atoms with Crippen LogP contribution in [0.2, 0.25) is 0 Å². The average Bonchev–Trinajstić information content (AvgIpc) is 3.00. The molecule has 0 saturated carbocycles. The van der Waals surface area contributed by atoms with Crippen LogP contribution in [0.15, 0.2) is 29.4 Å². The van der Waals surface area contributed by atoms with Gasteiger partial charge in [-0.2, -0.15) is 0 Å². The Kier molecular flexibility index (Phi) is 7.73. The lowest BCUT2D eigenvalue weighted by Crippen LogP contribution is -2.38. The first kappa shape index (κ1) is 19.2. The van der Waals surface area contributed by atoms with Gasteiger partial charge in [-0.05, 0) is 38.8 Å². The molecule has 1 heterocycles. The number of aliphatic imine (C=N–C) groups is 1. The molecule has 0 spiro atoms. The fraction of sp³-hybridized carbons (Fsp3) is 0.474. The van der Waals surface area contributed by atoms with Gasteiger partial charge in [-0.3, -0.25) is 4.99 Å². The largest absolute Gasteiger partial charge is 0.496 e. The lowest BCUT2D eigenvalue weighted by molar-refractivity contribution is 0.409. The molecule has 0 radical (unpaired) electrons. The van der Waals surface area contributed by atoms with Crippen LogP contribution >= 0.6 is 11.3 Å². The molecule has 0 unspecified atom stereocenters. The van der Waals surface area contributed by atoms with Crippen molar-refractivity contribution in [2.45, 2.75) is 33.6 Å². The number of guanidine groups is 1. The van der Waals surface area contributed by atoms with E-state index in [0.29, 0.717) is 0 Å². The lowest BCUT2D eigenvalue weighted by Gasteiger charge is -2.13. The van der Waals surface area contributed by atoms with Crippen LogP contribution in [0.4, 0.5) is 0 Å². The number of hydrogen-bond acceptors (Lipinski definition) is 4. The molecule has 25 heavy (non-hydrogen) atoms. The molecule has 2 N–H and O–H groups in total. The van der Waals surface area contributed by atoms with Gasteiger partial charge in [-0.1, -0.05) is 17.7 Å². The van der Waals surface area contributed by atoms with E-state index in [0.717, 1.165) is 49.2 Å². The summed E-state index contributed by atoms with van der Waals surface area (Å²) in [4.78, 5) is 10.3. The summed E-state index contributed by atoms with van der Waals surface area (Å²) < 4.78 is 5.44. The number of aryl methyl sites for hydroxylation is 2. The Morgan fingerprint density at radius 3 is 2.76 bits per heavy atom. The topological polar surface area (TPSA) is 58.5 Å². The van der Waals surface area contributed by atoms with Gasteiger partial charge in [0.2, 0.25) is 0 Å². The fourth-order valence-corrected chi connectivity index (χ4v) is 3.32. The zero-order chi connectivity index (χ0) is 18.1. The highest BCUT2D eigenvalue weighted by Gasteiger charge is 2.04. The highest BCUT2D eigenvalue weighted by molar-refractivity contribution is 7.11. The maximum absolute atomic E-state index is 5.44. The lowest BCUT2D eigenvalue weighted by atomic mass is 10.1. The highest BCUT2D eigenvalue weighted by Crippen LogP contribution is 2.19. The highest BCUT2D eigenvalue weighted by atomic mass is 32.1. The zero-order valence-corrected chi connectivity index (χ0v) is 16.4. The van der Waals surface area contributed by atoms with Crippen molar-refractivity contribution in [1.82, 2.24) is 15.6 Å². The van der Waals surface area contributed by atoms with Crippen molar-refractivity contribution >= 4 is 17.3 Å². The summed E-state index contributed by atoms with van der Waals surface area (Å²) in [6, 6.07) is 6.27. The van der Waals surface area contributed by atoms with Gasteiger partial charge in [0.25, 0.3) is 0 Å². The fourth-order valence-electron chi connectivity index (χ4n) is 2.54. The molecule has 0 aliphatic carbocycles. The summed E-state index contributed by atoms with van der Waals surface area (Å²) in [5.41, 5.74) is 2.46. The summed E-state index contributed by atoms with van der Waals surface area (Å²) in [6.45, 7) is 8.64. The molecule has 0 fully saturated rings. The Morgan fingerprint density at radius 1 is 1.24 bits per heavy atom. The minimum atomic E-state index is 0.732. The number of ether oxygens (including phenoxy) is 1. The summed E-state index contributed by atoms with van der Waals surface area (Å²) in [5.74, 6) is 1.79. The summed E-state index contributed by atoms with van der Waals surface area (Å²) in [7, 11) is 1.72. The van der Waals surface area contributed by atoms with Crippen LogP contribution in [0.1, 0.15) is 27.9 Å². The molecular formula is C19H28N4OS. The van der Waals surface area contributed by atoms with Gasteiger partial charge in [-0.25, -0.2) is 4.98 Å². The maximum Gasteiger partial charge on any atom is 0.191 e. The molecule has 0 aliphatic rings. The predicted octanol–water partition coefficient (Wildman–Crippen LogP) is 3.11. The Morgan fingerprint density at radius 2 is 2.08 bits per heavy atom. The van der Waals surface area contributed by atoms with Crippen LogP contribution in [0.3, 0.4) is 0 Å². The van der Waals surface area contributed by atoms with Crippen LogP contribution < -0.4 is 15.4 Å². The number of benzene rings is 1. The molecule has 136 valence electrons. The van der Waals surface area contributed by atoms with Crippen molar-refractivity contribution in [3.05, 3.63) is 45.4 Å². The Bertz CT molecular complexity index is 696. The van der Waals surface area contributed by atoms with Gasteiger partial charge >= 0.3 is 0 Å². The third-order valence-electron chi connectivity index (χ3n) is 3.73. The van der Waals surface area contributed by atoms with Crippen LogP contribution in [0.5, 0.6) is 5.75 Å². The molecule has 1 aromatic carbocycles. The summed E-state index contributed by atoms with van der Waals surface area (Å²) in [6.07, 6.45) is 3.68. The molecule has 5 nitrogen and oxygen atoms in total. The van der Waals surface area contributed by atoms with Gasteiger partial charge in [0.1, 0.15) is 5.75 Å². The zero-order valence-electron chi connectivity index (χ0n) is 15.6. The van der Waals surface area contributed by atoms with Crippen molar-refractivity contribution in [1.29, 1.82) is 0 Å².